The monoisotopic (exact) mass is 734 g/mol. The van der Waals surface area contributed by atoms with Crippen molar-refractivity contribution in [2.75, 3.05) is 6.61 Å². The SMILES string of the molecule is C=C(C)C(=O)OCC(C)(C)NC1CCC(C(C2=CCC(NC3C(C)=CC(C)=CC3C)C=C2)C2C=CC(NC3C(C)=CC(C)CC3C)CC2)C2=CCCC=C21. The molecule has 54 heavy (non-hydrogen) atoms. The predicted molar refractivity (Wildman–Crippen MR) is 227 cm³/mol. The van der Waals surface area contributed by atoms with Crippen molar-refractivity contribution in [3.8, 4) is 0 Å². The first kappa shape index (κ1) is 40.7. The quantitative estimate of drug-likeness (QED) is 0.106. The minimum atomic E-state index is -0.352. The van der Waals surface area contributed by atoms with Gasteiger partial charge in [-0.15, -0.1) is 0 Å². The molecule has 0 heterocycles. The number of hydrogen-bond acceptors (Lipinski definition) is 5. The van der Waals surface area contributed by atoms with Crippen molar-refractivity contribution < 1.29 is 9.53 Å². The lowest BCUT2D eigenvalue weighted by Crippen LogP contribution is -2.52. The molecule has 294 valence electrons. The number of fused-ring (bicyclic) bond motifs is 1. The van der Waals surface area contributed by atoms with Gasteiger partial charge in [0.15, 0.2) is 0 Å². The Morgan fingerprint density at radius 1 is 0.889 bits per heavy atom. The Labute approximate surface area is 328 Å². The summed E-state index contributed by atoms with van der Waals surface area (Å²) in [4.78, 5) is 12.2. The van der Waals surface area contributed by atoms with Crippen molar-refractivity contribution in [2.24, 2.45) is 35.5 Å². The highest BCUT2D eigenvalue weighted by molar-refractivity contribution is 5.86. The first-order valence-corrected chi connectivity index (χ1v) is 21.3. The average Bonchev–Trinajstić information content (AvgIpc) is 3.12. The van der Waals surface area contributed by atoms with E-state index >= 15 is 0 Å². The molecule has 5 nitrogen and oxygen atoms in total. The number of allylic oxidation sites excluding steroid dienone is 8. The zero-order valence-corrected chi connectivity index (χ0v) is 35.0. The summed E-state index contributed by atoms with van der Waals surface area (Å²) >= 11 is 0. The summed E-state index contributed by atoms with van der Waals surface area (Å²) < 4.78 is 5.63. The highest BCUT2D eigenvalue weighted by Crippen LogP contribution is 2.48. The van der Waals surface area contributed by atoms with E-state index in [0.717, 1.165) is 32.1 Å². The van der Waals surface area contributed by atoms with Crippen LogP contribution in [0, 0.1) is 35.5 Å². The topological polar surface area (TPSA) is 62.4 Å². The molecular weight excluding hydrogens is 663 g/mol. The predicted octanol–water partition coefficient (Wildman–Crippen LogP) is 10.2. The van der Waals surface area contributed by atoms with E-state index in [4.69, 9.17) is 4.74 Å². The molecule has 0 bridgehead atoms. The minimum absolute atomic E-state index is 0.245. The summed E-state index contributed by atoms with van der Waals surface area (Å²) in [6.07, 6.45) is 34.1. The minimum Gasteiger partial charge on any atom is -0.460 e. The summed E-state index contributed by atoms with van der Waals surface area (Å²) in [5.74, 6) is 2.92. The van der Waals surface area contributed by atoms with Gasteiger partial charge in [-0.3, -0.25) is 0 Å². The molecule has 6 aliphatic carbocycles. The van der Waals surface area contributed by atoms with E-state index < -0.39 is 0 Å². The molecule has 0 aliphatic heterocycles. The smallest absolute Gasteiger partial charge is 0.333 e. The molecule has 0 aromatic rings. The van der Waals surface area contributed by atoms with Crippen LogP contribution in [0.2, 0.25) is 0 Å². The molecule has 1 fully saturated rings. The maximum atomic E-state index is 12.2. The number of ether oxygens (including phenoxy) is 1. The van der Waals surface area contributed by atoms with Crippen molar-refractivity contribution in [1.29, 1.82) is 0 Å². The summed E-state index contributed by atoms with van der Waals surface area (Å²) in [6.45, 7) is 24.0. The van der Waals surface area contributed by atoms with Crippen molar-refractivity contribution in [3.05, 3.63) is 106 Å². The van der Waals surface area contributed by atoms with E-state index in [1.54, 1.807) is 12.5 Å². The number of nitrogens with one attached hydrogen (secondary N) is 3. The lowest BCUT2D eigenvalue weighted by atomic mass is 9.62. The Morgan fingerprint density at radius 2 is 1.63 bits per heavy atom. The molecule has 0 aromatic heterocycles. The Bertz CT molecular complexity index is 1660. The Morgan fingerprint density at radius 3 is 2.28 bits per heavy atom. The van der Waals surface area contributed by atoms with Gasteiger partial charge in [0.1, 0.15) is 6.61 Å². The number of hydrogen-bond donors (Lipinski definition) is 3. The van der Waals surface area contributed by atoms with Crippen LogP contribution in [0.5, 0.6) is 0 Å². The second-order valence-corrected chi connectivity index (χ2v) is 18.7. The third-order valence-corrected chi connectivity index (χ3v) is 13.2. The Balaban J connectivity index is 1.22. The molecule has 0 radical (unpaired) electrons. The van der Waals surface area contributed by atoms with E-state index in [9.17, 15) is 4.79 Å². The van der Waals surface area contributed by atoms with Gasteiger partial charge in [0.2, 0.25) is 0 Å². The molecular formula is C49H71N3O2. The summed E-state index contributed by atoms with van der Waals surface area (Å²) in [6, 6.07) is 1.86. The molecule has 11 atom stereocenters. The zero-order chi connectivity index (χ0) is 38.7. The first-order chi connectivity index (χ1) is 25.7. The Hall–Kier alpha value is -2.99. The summed E-state index contributed by atoms with van der Waals surface area (Å²) in [5, 5.41) is 12.0. The van der Waals surface area contributed by atoms with Gasteiger partial charge >= 0.3 is 5.97 Å². The van der Waals surface area contributed by atoms with Crippen LogP contribution in [0.1, 0.15) is 114 Å². The highest BCUT2D eigenvalue weighted by atomic mass is 16.5. The molecule has 6 aliphatic rings. The van der Waals surface area contributed by atoms with Gasteiger partial charge < -0.3 is 20.7 Å². The molecule has 6 rings (SSSR count). The third kappa shape index (κ3) is 9.68. The molecule has 0 aromatic carbocycles. The summed E-state index contributed by atoms with van der Waals surface area (Å²) in [5.41, 5.74) is 8.97. The van der Waals surface area contributed by atoms with Crippen molar-refractivity contribution in [3.63, 3.8) is 0 Å². The number of rotatable bonds is 12. The Kier molecular flexibility index (Phi) is 13.1. The van der Waals surface area contributed by atoms with Crippen molar-refractivity contribution in [2.45, 2.75) is 149 Å². The normalized spacial score (nSPS) is 34.7. The van der Waals surface area contributed by atoms with Crippen LogP contribution >= 0.6 is 0 Å². The van der Waals surface area contributed by atoms with Crippen molar-refractivity contribution in [1.82, 2.24) is 16.0 Å². The lowest BCUT2D eigenvalue weighted by Gasteiger charge is -2.45. The fourth-order valence-electron chi connectivity index (χ4n) is 10.8. The summed E-state index contributed by atoms with van der Waals surface area (Å²) in [7, 11) is 0. The van der Waals surface area contributed by atoms with Gasteiger partial charge in [0.25, 0.3) is 0 Å². The maximum Gasteiger partial charge on any atom is 0.333 e. The molecule has 0 saturated heterocycles. The molecule has 1 saturated carbocycles. The fourth-order valence-corrected chi connectivity index (χ4v) is 10.8. The van der Waals surface area contributed by atoms with E-state index in [1.165, 1.54) is 47.1 Å². The van der Waals surface area contributed by atoms with Gasteiger partial charge in [-0.2, -0.15) is 0 Å². The molecule has 11 unspecified atom stereocenters. The molecule has 3 N–H and O–H groups in total. The van der Waals surface area contributed by atoms with E-state index in [0.29, 0.717) is 71.9 Å². The van der Waals surface area contributed by atoms with Crippen LogP contribution in [0.25, 0.3) is 0 Å². The largest absolute Gasteiger partial charge is 0.460 e. The number of esters is 1. The van der Waals surface area contributed by atoms with Gasteiger partial charge in [0.05, 0.1) is 0 Å². The van der Waals surface area contributed by atoms with Gasteiger partial charge in [-0.1, -0.05) is 105 Å². The van der Waals surface area contributed by atoms with Crippen LogP contribution in [0.3, 0.4) is 0 Å². The third-order valence-electron chi connectivity index (χ3n) is 13.2. The second kappa shape index (κ2) is 17.4. The number of carbonyl (C=O) groups is 1. The second-order valence-electron chi connectivity index (χ2n) is 18.7. The fraction of sp³-hybridized carbons (Fsp3) is 0.612. The van der Waals surface area contributed by atoms with Gasteiger partial charge in [0, 0.05) is 41.3 Å². The lowest BCUT2D eigenvalue weighted by molar-refractivity contribution is -0.140. The van der Waals surface area contributed by atoms with Crippen LogP contribution < -0.4 is 16.0 Å². The van der Waals surface area contributed by atoms with Crippen LogP contribution in [-0.2, 0) is 9.53 Å². The average molecular weight is 734 g/mol. The number of carbonyl (C=O) groups excluding carboxylic acids is 1. The molecule has 0 spiro atoms. The van der Waals surface area contributed by atoms with Crippen LogP contribution in [0.4, 0.5) is 0 Å². The maximum absolute atomic E-state index is 12.2. The van der Waals surface area contributed by atoms with Crippen LogP contribution in [0.15, 0.2) is 106 Å². The van der Waals surface area contributed by atoms with Crippen molar-refractivity contribution >= 4 is 5.97 Å². The van der Waals surface area contributed by atoms with E-state index in [-0.39, 0.29) is 17.6 Å². The van der Waals surface area contributed by atoms with E-state index in [2.05, 4.69) is 139 Å². The standard InChI is InChI=1S/C49H71N3O2/c1-30(2)48(53)54-29-49(9,10)52-44-24-23-43(41-13-11-12-14-42(41)44)45(37-15-19-39(20-16-37)50-46-33(5)25-31(3)26-34(46)6)38-17-21-40(22-18-38)51-47-35(7)27-32(4)28-36(47)8/h13-17,19,21,25-27,32-33,36,38-40,43-47,50-52H,1,11-12,18,20,22-24,28-29H2,2-10H3. The zero-order valence-electron chi connectivity index (χ0n) is 35.0. The molecule has 0 amide bonds. The van der Waals surface area contributed by atoms with Crippen LogP contribution in [-0.4, -0.2) is 48.3 Å². The highest BCUT2D eigenvalue weighted by Gasteiger charge is 2.42. The van der Waals surface area contributed by atoms with E-state index in [1.807, 2.05) is 0 Å². The van der Waals surface area contributed by atoms with Gasteiger partial charge in [-0.05, 0) is 145 Å². The molecule has 5 heteroatoms. The first-order valence-electron chi connectivity index (χ1n) is 21.3. The van der Waals surface area contributed by atoms with Gasteiger partial charge in [-0.25, -0.2) is 4.79 Å².